The highest BCUT2D eigenvalue weighted by atomic mass is 16.2. The Morgan fingerprint density at radius 2 is 1.77 bits per heavy atom. The molecule has 2 aliphatic heterocycles. The summed E-state index contributed by atoms with van der Waals surface area (Å²) in [4.78, 5) is 83.1. The molecule has 0 aromatic carbocycles. The average molecular weight is 658 g/mol. The molecular weight excluding hydrogens is 602 g/mol. The SMILES string of the molecule is C=CCNC(=O)C(=O)C(CC1CC1)NC(=O)[C@@H]1[C@@H]2[C@H](CN1C(=O)[C@@H](NC(=O)NC(CN1CCCNC1=O)C(C)C)C(C)(C)C)C2(C)C. The molecule has 262 valence electrons. The minimum Gasteiger partial charge on any atom is -0.346 e. The summed E-state index contributed by atoms with van der Waals surface area (Å²) >= 11 is 0. The van der Waals surface area contributed by atoms with Gasteiger partial charge < -0.3 is 36.4 Å². The summed E-state index contributed by atoms with van der Waals surface area (Å²) in [6, 6.07) is -3.83. The lowest BCUT2D eigenvalue weighted by Crippen LogP contribution is -2.62. The Kier molecular flexibility index (Phi) is 11.0. The van der Waals surface area contributed by atoms with Crippen LogP contribution in [-0.4, -0.2) is 102 Å². The van der Waals surface area contributed by atoms with Crippen LogP contribution in [0.5, 0.6) is 0 Å². The van der Waals surface area contributed by atoms with Gasteiger partial charge in [0, 0.05) is 32.7 Å². The molecule has 4 aliphatic rings. The van der Waals surface area contributed by atoms with Crippen molar-refractivity contribution in [2.45, 2.75) is 98.3 Å². The summed E-state index contributed by atoms with van der Waals surface area (Å²) in [6.45, 7) is 19.3. The Morgan fingerprint density at radius 3 is 2.34 bits per heavy atom. The number of rotatable bonds is 14. The van der Waals surface area contributed by atoms with Crippen molar-refractivity contribution in [3.8, 4) is 0 Å². The normalized spacial score (nSPS) is 25.1. The maximum Gasteiger partial charge on any atom is 0.317 e. The number of Topliss-reactive ketones (excluding diaryl/α,β-unsaturated/α-hetero) is 1. The van der Waals surface area contributed by atoms with Crippen LogP contribution in [0.4, 0.5) is 9.59 Å². The second kappa shape index (κ2) is 14.2. The molecule has 2 heterocycles. The first kappa shape index (κ1) is 36.2. The minimum absolute atomic E-state index is 0.0189. The van der Waals surface area contributed by atoms with Crippen molar-refractivity contribution < 1.29 is 28.8 Å². The molecule has 0 aromatic heterocycles. The van der Waals surface area contributed by atoms with E-state index < -0.39 is 47.2 Å². The van der Waals surface area contributed by atoms with Gasteiger partial charge >= 0.3 is 12.1 Å². The maximum absolute atomic E-state index is 14.3. The van der Waals surface area contributed by atoms with E-state index >= 15 is 0 Å². The summed E-state index contributed by atoms with van der Waals surface area (Å²) in [5.74, 6) is -2.06. The third-order valence-electron chi connectivity index (χ3n) is 10.4. The number of nitrogens with one attached hydrogen (secondary N) is 5. The Morgan fingerprint density at radius 1 is 1.09 bits per heavy atom. The van der Waals surface area contributed by atoms with Crippen LogP contribution in [0, 0.1) is 34.5 Å². The summed E-state index contributed by atoms with van der Waals surface area (Å²) in [5, 5.41) is 14.1. The Bertz CT molecular complexity index is 1260. The van der Waals surface area contributed by atoms with Gasteiger partial charge in [0.25, 0.3) is 5.91 Å². The third-order valence-corrected chi connectivity index (χ3v) is 10.4. The van der Waals surface area contributed by atoms with Gasteiger partial charge in [0.2, 0.25) is 17.6 Å². The van der Waals surface area contributed by atoms with Crippen LogP contribution in [0.1, 0.15) is 74.1 Å². The number of piperidine rings is 1. The standard InChI is InChI=1S/C34H55N7O6/c1-9-13-35-29(44)26(42)22(16-20-11-12-20)37-28(43)25-24-21(34(24,7)8)17-41(25)30(45)27(33(4,5)6)39-31(46)38-23(19(2)3)18-40-15-10-14-36-32(40)47/h9,19-25,27H,1,10-18H2,2-8H3,(H,35,44)(H,36,47)(H,37,43)(H2,38,39,46)/t21-,22?,23?,24-,25-,27+/m0/s1. The zero-order chi connectivity index (χ0) is 34.8. The molecule has 2 unspecified atom stereocenters. The number of carbonyl (C=O) groups is 6. The molecule has 13 nitrogen and oxygen atoms in total. The lowest BCUT2D eigenvalue weighted by molar-refractivity contribution is -0.145. The van der Waals surface area contributed by atoms with Gasteiger partial charge in [-0.05, 0) is 47.3 Å². The van der Waals surface area contributed by atoms with E-state index in [0.717, 1.165) is 19.3 Å². The molecule has 0 spiro atoms. The van der Waals surface area contributed by atoms with Crippen molar-refractivity contribution in [2.24, 2.45) is 34.5 Å². The second-order valence-electron chi connectivity index (χ2n) is 15.8. The van der Waals surface area contributed by atoms with Crippen LogP contribution in [0.25, 0.3) is 0 Å². The van der Waals surface area contributed by atoms with Crippen LogP contribution in [0.2, 0.25) is 0 Å². The van der Waals surface area contributed by atoms with Crippen LogP contribution < -0.4 is 26.6 Å². The van der Waals surface area contributed by atoms with E-state index in [-0.39, 0.29) is 53.6 Å². The monoisotopic (exact) mass is 657 g/mol. The highest BCUT2D eigenvalue weighted by Gasteiger charge is 2.70. The van der Waals surface area contributed by atoms with Crippen LogP contribution in [0.15, 0.2) is 12.7 Å². The van der Waals surface area contributed by atoms with Crippen molar-refractivity contribution in [3.63, 3.8) is 0 Å². The topological polar surface area (TPSA) is 169 Å². The van der Waals surface area contributed by atoms with E-state index in [2.05, 4.69) is 47.0 Å². The van der Waals surface area contributed by atoms with E-state index in [1.807, 2.05) is 34.6 Å². The second-order valence-corrected chi connectivity index (χ2v) is 15.8. The van der Waals surface area contributed by atoms with Crippen molar-refractivity contribution >= 4 is 35.6 Å². The van der Waals surface area contributed by atoms with Gasteiger partial charge in [0.1, 0.15) is 12.1 Å². The molecule has 4 rings (SSSR count). The number of fused-ring (bicyclic) bond motifs is 1. The predicted molar refractivity (Wildman–Crippen MR) is 177 cm³/mol. The van der Waals surface area contributed by atoms with Crippen LogP contribution in [-0.2, 0) is 19.2 Å². The molecule has 2 aliphatic carbocycles. The van der Waals surface area contributed by atoms with Gasteiger partial charge in [-0.2, -0.15) is 0 Å². The smallest absolute Gasteiger partial charge is 0.317 e. The molecular formula is C34H55N7O6. The minimum atomic E-state index is -0.991. The lowest BCUT2D eigenvalue weighted by atomic mass is 9.85. The van der Waals surface area contributed by atoms with Gasteiger partial charge in [0.05, 0.1) is 12.1 Å². The number of ketones is 1. The number of hydrogen-bond donors (Lipinski definition) is 5. The van der Waals surface area contributed by atoms with Gasteiger partial charge in [-0.3, -0.25) is 19.2 Å². The van der Waals surface area contributed by atoms with Gasteiger partial charge in [0.15, 0.2) is 0 Å². The molecule has 13 heteroatoms. The molecule has 7 amide bonds. The van der Waals surface area contributed by atoms with E-state index in [1.54, 1.807) is 9.80 Å². The fourth-order valence-corrected chi connectivity index (χ4v) is 7.07. The van der Waals surface area contributed by atoms with Crippen molar-refractivity contribution in [3.05, 3.63) is 12.7 Å². The summed E-state index contributed by atoms with van der Waals surface area (Å²) in [7, 11) is 0. The number of likely N-dealkylation sites (tertiary alicyclic amines) is 1. The molecule has 47 heavy (non-hydrogen) atoms. The van der Waals surface area contributed by atoms with E-state index in [0.29, 0.717) is 32.6 Å². The van der Waals surface area contributed by atoms with Crippen molar-refractivity contribution in [1.82, 2.24) is 36.4 Å². The third kappa shape index (κ3) is 8.45. The molecule has 2 saturated carbocycles. The molecule has 6 atom stereocenters. The van der Waals surface area contributed by atoms with Crippen LogP contribution in [0.3, 0.4) is 0 Å². The highest BCUT2D eigenvalue weighted by molar-refractivity contribution is 6.38. The number of hydrogen-bond acceptors (Lipinski definition) is 6. The zero-order valence-corrected chi connectivity index (χ0v) is 29.1. The van der Waals surface area contributed by atoms with Gasteiger partial charge in [-0.1, -0.05) is 67.4 Å². The van der Waals surface area contributed by atoms with Crippen LogP contribution >= 0.6 is 0 Å². The van der Waals surface area contributed by atoms with Gasteiger partial charge in [-0.25, -0.2) is 9.59 Å². The Labute approximate surface area is 278 Å². The summed E-state index contributed by atoms with van der Waals surface area (Å²) < 4.78 is 0. The largest absolute Gasteiger partial charge is 0.346 e. The van der Waals surface area contributed by atoms with Crippen molar-refractivity contribution in [1.29, 1.82) is 0 Å². The van der Waals surface area contributed by atoms with E-state index in [1.165, 1.54) is 6.08 Å². The molecule has 0 bridgehead atoms. The molecule has 4 fully saturated rings. The summed E-state index contributed by atoms with van der Waals surface area (Å²) in [6.07, 6.45) is 4.54. The van der Waals surface area contributed by atoms with Gasteiger partial charge in [-0.15, -0.1) is 6.58 Å². The molecule has 5 N–H and O–H groups in total. The van der Waals surface area contributed by atoms with Crippen molar-refractivity contribution in [2.75, 3.05) is 32.7 Å². The lowest BCUT2D eigenvalue weighted by Gasteiger charge is -2.38. The molecule has 2 saturated heterocycles. The number of nitrogens with zero attached hydrogens (tertiary/aromatic N) is 2. The molecule has 0 radical (unpaired) electrons. The fraction of sp³-hybridized carbons (Fsp3) is 0.765. The fourth-order valence-electron chi connectivity index (χ4n) is 7.07. The number of carbonyl (C=O) groups excluding carboxylic acids is 6. The first-order valence-electron chi connectivity index (χ1n) is 17.1. The Balaban J connectivity index is 1.49. The predicted octanol–water partition coefficient (Wildman–Crippen LogP) is 1.78. The highest BCUT2D eigenvalue weighted by Crippen LogP contribution is 2.65. The summed E-state index contributed by atoms with van der Waals surface area (Å²) in [5.41, 5.74) is -0.880. The quantitative estimate of drug-likeness (QED) is 0.141. The van der Waals surface area contributed by atoms with E-state index in [9.17, 15) is 28.8 Å². The first-order valence-corrected chi connectivity index (χ1v) is 17.1. The zero-order valence-electron chi connectivity index (χ0n) is 29.1. The van der Waals surface area contributed by atoms with E-state index in [4.69, 9.17) is 0 Å². The number of amides is 7. The maximum atomic E-state index is 14.3. The molecule has 0 aromatic rings. The average Bonchev–Trinajstić information content (AvgIpc) is 3.85. The first-order chi connectivity index (χ1) is 22.0. The Hall–Kier alpha value is -3.64. The number of urea groups is 2.